The Morgan fingerprint density at radius 2 is 2.07 bits per heavy atom. The number of amides is 2. The van der Waals surface area contributed by atoms with Crippen molar-refractivity contribution in [3.8, 4) is 0 Å². The summed E-state index contributed by atoms with van der Waals surface area (Å²) in [5.41, 5.74) is 2.36. The number of piperidine rings is 1. The van der Waals surface area contributed by atoms with Crippen LogP contribution in [0.4, 0.5) is 10.5 Å². The number of anilines is 1. The zero-order valence-corrected chi connectivity index (χ0v) is 16.6. The van der Waals surface area contributed by atoms with Crippen LogP contribution in [0.5, 0.6) is 0 Å². The van der Waals surface area contributed by atoms with Gasteiger partial charge in [0, 0.05) is 50.5 Å². The van der Waals surface area contributed by atoms with Crippen molar-refractivity contribution < 1.29 is 9.53 Å². The van der Waals surface area contributed by atoms with Crippen molar-refractivity contribution in [2.75, 3.05) is 51.3 Å². The molecule has 3 fully saturated rings. The third-order valence-corrected chi connectivity index (χ3v) is 6.59. The summed E-state index contributed by atoms with van der Waals surface area (Å²) in [6.45, 7) is 9.26. The van der Waals surface area contributed by atoms with Crippen molar-refractivity contribution in [3.05, 3.63) is 29.8 Å². The van der Waals surface area contributed by atoms with E-state index in [1.807, 2.05) is 23.1 Å². The van der Waals surface area contributed by atoms with Crippen molar-refractivity contribution in [2.24, 2.45) is 11.3 Å². The second-order valence-electron chi connectivity index (χ2n) is 8.87. The lowest BCUT2D eigenvalue weighted by Gasteiger charge is -2.42. The van der Waals surface area contributed by atoms with E-state index < -0.39 is 0 Å². The summed E-state index contributed by atoms with van der Waals surface area (Å²) in [6.07, 6.45) is 6.06. The first kappa shape index (κ1) is 18.8. The fraction of sp³-hybridized carbons (Fsp3) is 0.682. The maximum Gasteiger partial charge on any atom is 0.321 e. The number of aryl methyl sites for hydroxylation is 1. The second kappa shape index (κ2) is 8.19. The highest BCUT2D eigenvalue weighted by Gasteiger charge is 2.43. The summed E-state index contributed by atoms with van der Waals surface area (Å²) in [6, 6.07) is 8.09. The first-order chi connectivity index (χ1) is 13.1. The molecule has 1 aromatic rings. The minimum atomic E-state index is 0.0547. The standard InChI is InChI=1S/C22H33N3O2/c1-18-4-2-5-20(14-18)23-21(26)25-11-9-22(17-25)8-3-10-24(16-22)15-19-6-12-27-13-7-19/h2,4-5,14,19H,3,6-13,15-17H2,1H3,(H,23,26)/t22-/m0/s1. The van der Waals surface area contributed by atoms with E-state index in [4.69, 9.17) is 4.74 Å². The van der Waals surface area contributed by atoms with Crippen LogP contribution in [0.3, 0.4) is 0 Å². The Bertz CT molecular complexity index is 659. The number of carbonyl (C=O) groups excluding carboxylic acids is 1. The maximum absolute atomic E-state index is 12.7. The Labute approximate surface area is 163 Å². The van der Waals surface area contributed by atoms with E-state index in [0.29, 0.717) is 5.41 Å². The third kappa shape index (κ3) is 4.64. The van der Waals surface area contributed by atoms with Gasteiger partial charge in [0.05, 0.1) is 0 Å². The molecule has 0 saturated carbocycles. The molecule has 1 spiro atoms. The molecule has 1 N–H and O–H groups in total. The van der Waals surface area contributed by atoms with Crippen LogP contribution in [0, 0.1) is 18.3 Å². The molecular weight excluding hydrogens is 338 g/mol. The number of hydrogen-bond donors (Lipinski definition) is 1. The van der Waals surface area contributed by atoms with Crippen LogP contribution in [-0.2, 0) is 4.74 Å². The first-order valence-corrected chi connectivity index (χ1v) is 10.5. The van der Waals surface area contributed by atoms with E-state index in [1.165, 1.54) is 44.3 Å². The largest absolute Gasteiger partial charge is 0.381 e. The predicted molar refractivity (Wildman–Crippen MR) is 108 cm³/mol. The van der Waals surface area contributed by atoms with E-state index in [1.54, 1.807) is 0 Å². The van der Waals surface area contributed by atoms with E-state index in [0.717, 1.165) is 50.9 Å². The summed E-state index contributed by atoms with van der Waals surface area (Å²) in [7, 11) is 0. The molecule has 1 aromatic carbocycles. The molecule has 5 nitrogen and oxygen atoms in total. The van der Waals surface area contributed by atoms with Crippen molar-refractivity contribution in [1.29, 1.82) is 0 Å². The number of likely N-dealkylation sites (tertiary alicyclic amines) is 2. The van der Waals surface area contributed by atoms with Crippen LogP contribution < -0.4 is 5.32 Å². The molecule has 4 rings (SSSR count). The summed E-state index contributed by atoms with van der Waals surface area (Å²) >= 11 is 0. The van der Waals surface area contributed by atoms with Crippen molar-refractivity contribution >= 4 is 11.7 Å². The molecule has 3 aliphatic heterocycles. The summed E-state index contributed by atoms with van der Waals surface area (Å²) < 4.78 is 5.51. The van der Waals surface area contributed by atoms with Gasteiger partial charge in [-0.2, -0.15) is 0 Å². The average molecular weight is 372 g/mol. The van der Waals surface area contributed by atoms with Crippen LogP contribution in [0.15, 0.2) is 24.3 Å². The molecule has 2 amide bonds. The number of urea groups is 1. The van der Waals surface area contributed by atoms with Crippen molar-refractivity contribution in [1.82, 2.24) is 9.80 Å². The summed E-state index contributed by atoms with van der Waals surface area (Å²) in [5.74, 6) is 0.788. The van der Waals surface area contributed by atoms with Gasteiger partial charge in [0.25, 0.3) is 0 Å². The van der Waals surface area contributed by atoms with Gasteiger partial charge < -0.3 is 19.9 Å². The Morgan fingerprint density at radius 1 is 1.22 bits per heavy atom. The number of carbonyl (C=O) groups is 1. The number of nitrogens with one attached hydrogen (secondary N) is 1. The Morgan fingerprint density at radius 3 is 2.89 bits per heavy atom. The Hall–Kier alpha value is -1.59. The quantitative estimate of drug-likeness (QED) is 0.880. The molecule has 0 unspecified atom stereocenters. The van der Waals surface area contributed by atoms with Crippen LogP contribution in [0.2, 0.25) is 0 Å². The van der Waals surface area contributed by atoms with Crippen LogP contribution >= 0.6 is 0 Å². The molecule has 1 atom stereocenters. The highest BCUT2D eigenvalue weighted by atomic mass is 16.5. The molecule has 0 radical (unpaired) electrons. The van der Waals surface area contributed by atoms with Gasteiger partial charge in [-0.15, -0.1) is 0 Å². The van der Waals surface area contributed by atoms with Gasteiger partial charge in [0.1, 0.15) is 0 Å². The Kier molecular flexibility index (Phi) is 5.69. The molecule has 5 heteroatoms. The van der Waals surface area contributed by atoms with Gasteiger partial charge in [-0.05, 0) is 69.2 Å². The van der Waals surface area contributed by atoms with E-state index in [-0.39, 0.29) is 6.03 Å². The molecule has 27 heavy (non-hydrogen) atoms. The first-order valence-electron chi connectivity index (χ1n) is 10.5. The van der Waals surface area contributed by atoms with Crippen LogP contribution in [0.25, 0.3) is 0 Å². The van der Waals surface area contributed by atoms with Gasteiger partial charge in [-0.25, -0.2) is 4.79 Å². The van der Waals surface area contributed by atoms with Gasteiger partial charge >= 0.3 is 6.03 Å². The number of ether oxygens (including phenoxy) is 1. The van der Waals surface area contributed by atoms with E-state index in [2.05, 4.69) is 23.2 Å². The van der Waals surface area contributed by atoms with Crippen molar-refractivity contribution in [2.45, 2.75) is 39.0 Å². The highest BCUT2D eigenvalue weighted by Crippen LogP contribution is 2.39. The molecule has 3 saturated heterocycles. The van der Waals surface area contributed by atoms with Crippen molar-refractivity contribution in [3.63, 3.8) is 0 Å². The number of nitrogens with zero attached hydrogens (tertiary/aromatic N) is 2. The van der Waals surface area contributed by atoms with E-state index in [9.17, 15) is 4.79 Å². The van der Waals surface area contributed by atoms with E-state index >= 15 is 0 Å². The topological polar surface area (TPSA) is 44.8 Å². The Balaban J connectivity index is 1.32. The summed E-state index contributed by atoms with van der Waals surface area (Å²) in [5, 5.41) is 3.08. The molecule has 0 aromatic heterocycles. The number of rotatable bonds is 3. The SMILES string of the molecule is Cc1cccc(NC(=O)N2CC[C@]3(CCCN(CC4CCOCC4)C3)C2)c1. The fourth-order valence-electron chi connectivity index (χ4n) is 5.13. The minimum absolute atomic E-state index is 0.0547. The zero-order valence-electron chi connectivity index (χ0n) is 16.6. The normalized spacial score (nSPS) is 27.2. The second-order valence-corrected chi connectivity index (χ2v) is 8.87. The van der Waals surface area contributed by atoms with Crippen LogP contribution in [-0.4, -0.2) is 61.8 Å². The number of hydrogen-bond acceptors (Lipinski definition) is 3. The monoisotopic (exact) mass is 371 g/mol. The highest BCUT2D eigenvalue weighted by molar-refractivity contribution is 5.89. The molecule has 0 bridgehead atoms. The summed E-state index contributed by atoms with van der Waals surface area (Å²) in [4.78, 5) is 17.4. The van der Waals surface area contributed by atoms with Gasteiger partial charge in [-0.3, -0.25) is 0 Å². The average Bonchev–Trinajstić information content (AvgIpc) is 3.06. The zero-order chi connectivity index (χ0) is 18.7. The fourth-order valence-corrected chi connectivity index (χ4v) is 5.13. The van der Waals surface area contributed by atoms with Gasteiger partial charge in [-0.1, -0.05) is 12.1 Å². The molecule has 3 aliphatic rings. The lowest BCUT2D eigenvalue weighted by molar-refractivity contribution is 0.0321. The maximum atomic E-state index is 12.7. The lowest BCUT2D eigenvalue weighted by atomic mass is 9.79. The third-order valence-electron chi connectivity index (χ3n) is 6.59. The molecular formula is C22H33N3O2. The van der Waals surface area contributed by atoms with Gasteiger partial charge in [0.15, 0.2) is 0 Å². The van der Waals surface area contributed by atoms with Crippen LogP contribution in [0.1, 0.15) is 37.7 Å². The molecule has 0 aliphatic carbocycles. The number of benzene rings is 1. The minimum Gasteiger partial charge on any atom is -0.381 e. The lowest BCUT2D eigenvalue weighted by Crippen LogP contribution is -2.47. The smallest absolute Gasteiger partial charge is 0.321 e. The molecule has 3 heterocycles. The predicted octanol–water partition coefficient (Wildman–Crippen LogP) is 3.74. The van der Waals surface area contributed by atoms with Gasteiger partial charge in [0.2, 0.25) is 0 Å². The molecule has 148 valence electrons.